The molecule has 1 saturated heterocycles. The Hall–Kier alpha value is -2.21. The molecule has 1 amide bonds. The highest BCUT2D eigenvalue weighted by molar-refractivity contribution is 5.77. The first-order chi connectivity index (χ1) is 10.6. The van der Waals surface area contributed by atoms with Crippen LogP contribution in [0.5, 0.6) is 0 Å². The second-order valence-electron chi connectivity index (χ2n) is 5.52. The van der Waals surface area contributed by atoms with Crippen molar-refractivity contribution in [1.29, 1.82) is 0 Å². The van der Waals surface area contributed by atoms with Crippen LogP contribution in [-0.2, 0) is 11.3 Å². The van der Waals surface area contributed by atoms with Crippen LogP contribution in [0, 0.1) is 5.82 Å². The fourth-order valence-electron chi connectivity index (χ4n) is 2.88. The van der Waals surface area contributed by atoms with Crippen LogP contribution in [0.4, 0.5) is 4.39 Å². The molecule has 3 rings (SSSR count). The number of aryl methyl sites for hydroxylation is 1. The first-order valence-electron chi connectivity index (χ1n) is 7.34. The van der Waals surface area contributed by atoms with Crippen molar-refractivity contribution in [3.63, 3.8) is 0 Å². The predicted molar refractivity (Wildman–Crippen MR) is 78.3 cm³/mol. The van der Waals surface area contributed by atoms with E-state index in [4.69, 9.17) is 0 Å². The lowest BCUT2D eigenvalue weighted by Crippen LogP contribution is -2.32. The number of β-amino-alcohol motifs (C(OH)–C–C–N with tert-alkyl or cyclic N) is 1. The second-order valence-corrected chi connectivity index (χ2v) is 5.52. The van der Waals surface area contributed by atoms with E-state index in [1.807, 2.05) is 12.3 Å². The van der Waals surface area contributed by atoms with Gasteiger partial charge in [0.2, 0.25) is 5.91 Å². The van der Waals surface area contributed by atoms with E-state index in [0.717, 1.165) is 5.56 Å². The number of carbonyl (C=O) groups is 1. The molecule has 1 aromatic heterocycles. The molecule has 1 aromatic carbocycles. The third-order valence-electron chi connectivity index (χ3n) is 3.97. The van der Waals surface area contributed by atoms with E-state index in [1.54, 1.807) is 27.9 Å². The Morgan fingerprint density at radius 1 is 1.36 bits per heavy atom. The molecule has 0 aliphatic carbocycles. The maximum Gasteiger partial charge on any atom is 0.225 e. The molecule has 5 nitrogen and oxygen atoms in total. The zero-order chi connectivity index (χ0) is 15.5. The highest BCUT2D eigenvalue weighted by atomic mass is 19.1. The lowest BCUT2D eigenvalue weighted by molar-refractivity contribution is -0.132. The van der Waals surface area contributed by atoms with Crippen molar-refractivity contribution >= 4 is 5.91 Å². The molecule has 6 heteroatoms. The Morgan fingerprint density at radius 2 is 2.14 bits per heavy atom. The van der Waals surface area contributed by atoms with E-state index in [9.17, 15) is 14.3 Å². The molecule has 2 aromatic rings. The third-order valence-corrected chi connectivity index (χ3v) is 3.97. The molecule has 2 atom stereocenters. The summed E-state index contributed by atoms with van der Waals surface area (Å²) >= 11 is 0. The van der Waals surface area contributed by atoms with Gasteiger partial charge in [-0.25, -0.2) is 4.39 Å². The molecule has 1 aliphatic heterocycles. The van der Waals surface area contributed by atoms with Gasteiger partial charge >= 0.3 is 0 Å². The largest absolute Gasteiger partial charge is 0.391 e. The minimum absolute atomic E-state index is 0.0265. The standard InChI is InChI=1S/C16H18FN3O2/c17-13-4-2-12(3-5-13)15-10-14(21)11-20(15)16(22)6-9-19-8-1-7-18-19/h1-5,7-8,14-15,21H,6,9-11H2. The topological polar surface area (TPSA) is 58.4 Å². The van der Waals surface area contributed by atoms with Crippen LogP contribution in [0.1, 0.15) is 24.4 Å². The highest BCUT2D eigenvalue weighted by Gasteiger charge is 2.34. The normalized spacial score (nSPS) is 21.3. The molecule has 0 spiro atoms. The maximum absolute atomic E-state index is 13.0. The molecule has 2 unspecified atom stereocenters. The minimum atomic E-state index is -0.538. The van der Waals surface area contributed by atoms with Crippen LogP contribution >= 0.6 is 0 Å². The number of hydrogen-bond donors (Lipinski definition) is 1. The number of benzene rings is 1. The van der Waals surface area contributed by atoms with Crippen LogP contribution in [0.2, 0.25) is 0 Å². The highest BCUT2D eigenvalue weighted by Crippen LogP contribution is 2.32. The van der Waals surface area contributed by atoms with Crippen molar-refractivity contribution in [2.45, 2.75) is 31.5 Å². The second kappa shape index (κ2) is 6.27. The van der Waals surface area contributed by atoms with Gasteiger partial charge in [-0.2, -0.15) is 5.10 Å². The van der Waals surface area contributed by atoms with Gasteiger partial charge in [0.1, 0.15) is 5.82 Å². The summed E-state index contributed by atoms with van der Waals surface area (Å²) in [4.78, 5) is 14.1. The summed E-state index contributed by atoms with van der Waals surface area (Å²) < 4.78 is 14.7. The number of amides is 1. The van der Waals surface area contributed by atoms with Crippen molar-refractivity contribution in [3.8, 4) is 0 Å². The molecule has 0 bridgehead atoms. The van der Waals surface area contributed by atoms with E-state index in [2.05, 4.69) is 5.10 Å². The molecule has 0 saturated carbocycles. The number of rotatable bonds is 4. The Bertz CT molecular complexity index is 627. The average Bonchev–Trinajstić information content (AvgIpc) is 3.15. The summed E-state index contributed by atoms with van der Waals surface area (Å²) in [5.74, 6) is -0.333. The molecule has 1 fully saturated rings. The van der Waals surface area contributed by atoms with E-state index in [0.29, 0.717) is 25.9 Å². The number of hydrogen-bond acceptors (Lipinski definition) is 3. The molecular formula is C16H18FN3O2. The van der Waals surface area contributed by atoms with Gasteiger partial charge in [-0.1, -0.05) is 12.1 Å². The molecule has 22 heavy (non-hydrogen) atoms. The van der Waals surface area contributed by atoms with E-state index < -0.39 is 6.10 Å². The zero-order valence-corrected chi connectivity index (χ0v) is 12.1. The van der Waals surface area contributed by atoms with Gasteiger partial charge in [0.25, 0.3) is 0 Å². The van der Waals surface area contributed by atoms with Gasteiger partial charge in [-0.15, -0.1) is 0 Å². The molecule has 116 valence electrons. The Kier molecular flexibility index (Phi) is 4.20. The summed E-state index contributed by atoms with van der Waals surface area (Å²) in [5.41, 5.74) is 0.852. The van der Waals surface area contributed by atoms with Crippen LogP contribution in [0.15, 0.2) is 42.7 Å². The average molecular weight is 303 g/mol. The fraction of sp³-hybridized carbons (Fsp3) is 0.375. The van der Waals surface area contributed by atoms with E-state index in [1.165, 1.54) is 12.1 Å². The van der Waals surface area contributed by atoms with Gasteiger partial charge in [-0.3, -0.25) is 9.48 Å². The summed E-state index contributed by atoms with van der Waals surface area (Å²) in [7, 11) is 0. The quantitative estimate of drug-likeness (QED) is 0.936. The summed E-state index contributed by atoms with van der Waals surface area (Å²) in [6, 6.07) is 7.72. The minimum Gasteiger partial charge on any atom is -0.391 e. The number of halogens is 1. The van der Waals surface area contributed by atoms with Crippen LogP contribution < -0.4 is 0 Å². The molecule has 2 heterocycles. The fourth-order valence-corrected chi connectivity index (χ4v) is 2.88. The number of aliphatic hydroxyl groups is 1. The van der Waals surface area contributed by atoms with E-state index in [-0.39, 0.29) is 17.8 Å². The van der Waals surface area contributed by atoms with Crippen molar-refractivity contribution < 1.29 is 14.3 Å². The zero-order valence-electron chi connectivity index (χ0n) is 12.1. The Labute approximate surface area is 128 Å². The van der Waals surface area contributed by atoms with Gasteiger partial charge in [-0.05, 0) is 30.2 Å². The monoisotopic (exact) mass is 303 g/mol. The van der Waals surface area contributed by atoms with Crippen LogP contribution in [0.3, 0.4) is 0 Å². The van der Waals surface area contributed by atoms with Gasteiger partial charge in [0, 0.05) is 31.9 Å². The number of carbonyl (C=O) groups excluding carboxylic acids is 1. The number of aromatic nitrogens is 2. The van der Waals surface area contributed by atoms with Gasteiger partial charge in [0.15, 0.2) is 0 Å². The van der Waals surface area contributed by atoms with Crippen molar-refractivity contribution in [2.75, 3.05) is 6.54 Å². The van der Waals surface area contributed by atoms with Gasteiger partial charge in [0.05, 0.1) is 12.1 Å². The predicted octanol–water partition coefficient (Wildman–Crippen LogP) is 1.75. The Balaban J connectivity index is 1.69. The van der Waals surface area contributed by atoms with Crippen LogP contribution in [0.25, 0.3) is 0 Å². The lowest BCUT2D eigenvalue weighted by Gasteiger charge is -2.25. The van der Waals surface area contributed by atoms with Crippen molar-refractivity contribution in [2.24, 2.45) is 0 Å². The van der Waals surface area contributed by atoms with E-state index >= 15 is 0 Å². The first-order valence-corrected chi connectivity index (χ1v) is 7.34. The third kappa shape index (κ3) is 3.17. The van der Waals surface area contributed by atoms with Crippen molar-refractivity contribution in [3.05, 3.63) is 54.1 Å². The van der Waals surface area contributed by atoms with Gasteiger partial charge < -0.3 is 10.0 Å². The lowest BCUT2D eigenvalue weighted by atomic mass is 10.0. The SMILES string of the molecule is O=C(CCn1cccn1)N1CC(O)CC1c1ccc(F)cc1. The maximum atomic E-state index is 13.0. The molecule has 1 N–H and O–H groups in total. The summed E-state index contributed by atoms with van der Waals surface area (Å²) in [5, 5.41) is 14.0. The first kappa shape index (κ1) is 14.7. The Morgan fingerprint density at radius 3 is 2.82 bits per heavy atom. The number of nitrogens with zero attached hydrogens (tertiary/aromatic N) is 3. The molecule has 0 radical (unpaired) electrons. The van der Waals surface area contributed by atoms with Crippen LogP contribution in [-0.4, -0.2) is 38.3 Å². The smallest absolute Gasteiger partial charge is 0.225 e. The molecule has 1 aliphatic rings. The number of likely N-dealkylation sites (tertiary alicyclic amines) is 1. The molecular weight excluding hydrogens is 285 g/mol. The summed E-state index contributed by atoms with van der Waals surface area (Å²) in [6.45, 7) is 0.828. The number of aliphatic hydroxyl groups excluding tert-OH is 1. The summed E-state index contributed by atoms with van der Waals surface area (Å²) in [6.07, 6.45) is 3.75. The van der Waals surface area contributed by atoms with Crippen molar-refractivity contribution in [1.82, 2.24) is 14.7 Å².